The van der Waals surface area contributed by atoms with Crippen LogP contribution in [0.3, 0.4) is 0 Å². The van der Waals surface area contributed by atoms with Gasteiger partial charge in [0.05, 0.1) is 15.7 Å². The molecule has 0 unspecified atom stereocenters. The van der Waals surface area contributed by atoms with E-state index in [1.54, 1.807) is 0 Å². The van der Waals surface area contributed by atoms with Crippen molar-refractivity contribution in [2.45, 2.75) is 0 Å². The largest absolute Gasteiger partial charge is 0.276 e. The molecule has 0 radical (unpaired) electrons. The van der Waals surface area contributed by atoms with Gasteiger partial charge >= 0.3 is 0 Å². The molecule has 0 atom stereocenters. The lowest BCUT2D eigenvalue weighted by Crippen LogP contribution is -2.06. The first-order chi connectivity index (χ1) is 28.8. The molecule has 4 nitrogen and oxygen atoms in total. The molecular formula is C53H32N4S. The molecule has 9 aromatic carbocycles. The molecule has 3 aromatic heterocycles. The lowest BCUT2D eigenvalue weighted by Gasteiger charge is -2.12. The van der Waals surface area contributed by atoms with Crippen LogP contribution in [0.2, 0.25) is 0 Å². The van der Waals surface area contributed by atoms with Gasteiger partial charge in [-0.25, -0.2) is 4.98 Å². The normalized spacial score (nSPS) is 11.8. The number of rotatable bonds is 5. The number of fused-ring (bicyclic) bond motifs is 11. The highest BCUT2D eigenvalue weighted by molar-refractivity contribution is 7.27. The van der Waals surface area contributed by atoms with Crippen molar-refractivity contribution in [3.63, 3.8) is 0 Å². The number of hydrogen-bond donors (Lipinski definition) is 0. The Bertz CT molecular complexity index is 3490. The van der Waals surface area contributed by atoms with Gasteiger partial charge in [0.1, 0.15) is 0 Å². The Kier molecular flexibility index (Phi) is 7.37. The first kappa shape index (κ1) is 32.7. The molecule has 0 amide bonds. The maximum atomic E-state index is 5.33. The van der Waals surface area contributed by atoms with Crippen LogP contribution in [-0.2, 0) is 0 Å². The molecule has 12 aromatic rings. The highest BCUT2D eigenvalue weighted by Gasteiger charge is 2.25. The third kappa shape index (κ3) is 5.11. The average molecular weight is 757 g/mol. The van der Waals surface area contributed by atoms with Crippen molar-refractivity contribution >= 4 is 74.9 Å². The Balaban J connectivity index is 1.25. The Labute approximate surface area is 338 Å². The SMILES string of the molecule is c1ccc(-c2ccc3sc4c(c3c2)c2ccccc2c2c3cc(-c5cccc6ccccc56)ccc3n(-c3nc(-c5ccccc5)nc(-c5ccccc5)n3)c42)cc1. The minimum absolute atomic E-state index is 0.588. The van der Waals surface area contributed by atoms with Crippen LogP contribution in [-0.4, -0.2) is 19.5 Å². The molecule has 0 spiro atoms. The van der Waals surface area contributed by atoms with E-state index in [0.29, 0.717) is 17.6 Å². The molecule has 0 saturated carbocycles. The third-order valence-corrected chi connectivity index (χ3v) is 12.6. The van der Waals surface area contributed by atoms with E-state index < -0.39 is 0 Å². The van der Waals surface area contributed by atoms with E-state index >= 15 is 0 Å². The molecule has 12 rings (SSSR count). The van der Waals surface area contributed by atoms with E-state index in [2.05, 4.69) is 162 Å². The topological polar surface area (TPSA) is 43.6 Å². The Morgan fingerprint density at radius 2 is 0.948 bits per heavy atom. The lowest BCUT2D eigenvalue weighted by molar-refractivity contribution is 0.955. The highest BCUT2D eigenvalue weighted by Crippen LogP contribution is 2.49. The fourth-order valence-corrected chi connectivity index (χ4v) is 10.0. The number of nitrogens with zero attached hydrogens (tertiary/aromatic N) is 4. The second kappa shape index (κ2) is 13.1. The molecule has 0 saturated heterocycles. The zero-order valence-corrected chi connectivity index (χ0v) is 32.0. The highest BCUT2D eigenvalue weighted by atomic mass is 32.1. The van der Waals surface area contributed by atoms with Crippen LogP contribution in [0.1, 0.15) is 0 Å². The van der Waals surface area contributed by atoms with E-state index in [4.69, 9.17) is 15.0 Å². The van der Waals surface area contributed by atoms with Crippen molar-refractivity contribution in [3.8, 4) is 51.0 Å². The predicted octanol–water partition coefficient (Wildman–Crippen LogP) is 14.3. The van der Waals surface area contributed by atoms with Gasteiger partial charge < -0.3 is 0 Å². The van der Waals surface area contributed by atoms with Gasteiger partial charge in [-0.2, -0.15) is 9.97 Å². The summed E-state index contributed by atoms with van der Waals surface area (Å²) in [6.07, 6.45) is 0. The van der Waals surface area contributed by atoms with Gasteiger partial charge in [-0.05, 0) is 68.1 Å². The van der Waals surface area contributed by atoms with Crippen molar-refractivity contribution in [2.75, 3.05) is 0 Å². The van der Waals surface area contributed by atoms with Gasteiger partial charge in [0.15, 0.2) is 11.6 Å². The van der Waals surface area contributed by atoms with Crippen molar-refractivity contribution < 1.29 is 0 Å². The summed E-state index contributed by atoms with van der Waals surface area (Å²) in [6, 6.07) is 69.1. The summed E-state index contributed by atoms with van der Waals surface area (Å²) in [5.41, 5.74) is 8.81. The zero-order chi connectivity index (χ0) is 38.2. The fourth-order valence-electron chi connectivity index (χ4n) is 8.79. The van der Waals surface area contributed by atoms with E-state index in [1.807, 2.05) is 47.7 Å². The molecule has 0 aliphatic carbocycles. The number of thiophene rings is 1. The summed E-state index contributed by atoms with van der Waals surface area (Å²) in [6.45, 7) is 0. The van der Waals surface area contributed by atoms with Crippen LogP contribution >= 0.6 is 11.3 Å². The smallest absolute Gasteiger partial charge is 0.238 e. The predicted molar refractivity (Wildman–Crippen MR) is 244 cm³/mol. The van der Waals surface area contributed by atoms with E-state index in [0.717, 1.165) is 27.5 Å². The van der Waals surface area contributed by atoms with Crippen molar-refractivity contribution in [3.05, 3.63) is 194 Å². The number of aromatic nitrogens is 4. The second-order valence-electron chi connectivity index (χ2n) is 14.8. The average Bonchev–Trinajstić information content (AvgIpc) is 3.86. The third-order valence-electron chi connectivity index (χ3n) is 11.4. The molecule has 0 bridgehead atoms. The fraction of sp³-hybridized carbons (Fsp3) is 0. The zero-order valence-electron chi connectivity index (χ0n) is 31.2. The summed E-state index contributed by atoms with van der Waals surface area (Å²) in [5.74, 6) is 1.85. The van der Waals surface area contributed by atoms with E-state index in [1.165, 1.54) is 69.4 Å². The quantitative estimate of drug-likeness (QED) is 0.176. The Hall–Kier alpha value is -7.47. The summed E-state index contributed by atoms with van der Waals surface area (Å²) in [4.78, 5) is 15.7. The lowest BCUT2D eigenvalue weighted by atomic mass is 9.95. The monoisotopic (exact) mass is 756 g/mol. The maximum absolute atomic E-state index is 5.33. The summed E-state index contributed by atoms with van der Waals surface area (Å²) in [5, 5.41) is 9.74. The summed E-state index contributed by atoms with van der Waals surface area (Å²) >= 11 is 1.85. The summed E-state index contributed by atoms with van der Waals surface area (Å²) in [7, 11) is 0. The molecule has 0 fully saturated rings. The molecule has 3 heterocycles. The summed E-state index contributed by atoms with van der Waals surface area (Å²) < 4.78 is 4.76. The Morgan fingerprint density at radius 1 is 0.379 bits per heavy atom. The maximum Gasteiger partial charge on any atom is 0.238 e. The first-order valence-corrected chi connectivity index (χ1v) is 20.3. The van der Waals surface area contributed by atoms with Crippen molar-refractivity contribution in [2.24, 2.45) is 0 Å². The van der Waals surface area contributed by atoms with Crippen LogP contribution in [0, 0.1) is 0 Å². The van der Waals surface area contributed by atoms with Crippen molar-refractivity contribution in [1.29, 1.82) is 0 Å². The van der Waals surface area contributed by atoms with Crippen LogP contribution in [0.4, 0.5) is 0 Å². The molecule has 0 aliphatic heterocycles. The minimum atomic E-state index is 0.588. The van der Waals surface area contributed by atoms with Gasteiger partial charge in [-0.15, -0.1) is 11.3 Å². The van der Waals surface area contributed by atoms with Crippen LogP contribution in [0.25, 0.3) is 115 Å². The second-order valence-corrected chi connectivity index (χ2v) is 15.8. The molecule has 270 valence electrons. The minimum Gasteiger partial charge on any atom is -0.276 e. The van der Waals surface area contributed by atoms with Gasteiger partial charge in [0.25, 0.3) is 0 Å². The van der Waals surface area contributed by atoms with E-state index in [9.17, 15) is 0 Å². The first-order valence-electron chi connectivity index (χ1n) is 19.5. The van der Waals surface area contributed by atoms with Gasteiger partial charge in [0, 0.05) is 37.4 Å². The molecule has 0 N–H and O–H groups in total. The Morgan fingerprint density at radius 3 is 1.66 bits per heavy atom. The van der Waals surface area contributed by atoms with E-state index in [-0.39, 0.29) is 0 Å². The van der Waals surface area contributed by atoms with Crippen LogP contribution in [0.15, 0.2) is 194 Å². The van der Waals surface area contributed by atoms with Crippen molar-refractivity contribution in [1.82, 2.24) is 19.5 Å². The molecular weight excluding hydrogens is 725 g/mol. The number of hydrogen-bond acceptors (Lipinski definition) is 4. The molecule has 5 heteroatoms. The van der Waals surface area contributed by atoms with Crippen LogP contribution in [0.5, 0.6) is 0 Å². The molecule has 58 heavy (non-hydrogen) atoms. The van der Waals surface area contributed by atoms with Crippen LogP contribution < -0.4 is 0 Å². The van der Waals surface area contributed by atoms with Gasteiger partial charge in [-0.1, -0.05) is 170 Å². The molecule has 0 aliphatic rings. The standard InChI is InChI=1S/C53H32N4S/c1-4-15-33(16-5-1)37-28-30-46-44(31-37)48-42-25-13-12-24-41(42)47-43-32-38(40-26-14-22-34-17-10-11-23-39(34)40)27-29-45(43)57(49(47)50(48)58-46)53-55-51(35-18-6-2-7-19-35)54-52(56-53)36-20-8-3-9-21-36/h1-32H. The van der Waals surface area contributed by atoms with Gasteiger partial charge in [0.2, 0.25) is 5.95 Å². The number of benzene rings is 9. The van der Waals surface area contributed by atoms with Gasteiger partial charge in [-0.3, -0.25) is 4.57 Å².